The van der Waals surface area contributed by atoms with E-state index >= 15 is 0 Å². The second kappa shape index (κ2) is 7.75. The molecule has 25 heavy (non-hydrogen) atoms. The van der Waals surface area contributed by atoms with Gasteiger partial charge in [0.1, 0.15) is 12.4 Å². The minimum atomic E-state index is 0.102. The molecule has 136 valence electrons. The van der Waals surface area contributed by atoms with E-state index in [4.69, 9.17) is 9.47 Å². The third-order valence-corrected chi connectivity index (χ3v) is 5.67. The van der Waals surface area contributed by atoms with Crippen molar-refractivity contribution in [3.05, 3.63) is 29.8 Å². The van der Waals surface area contributed by atoms with Gasteiger partial charge in [0.05, 0.1) is 11.7 Å². The number of rotatable bonds is 5. The van der Waals surface area contributed by atoms with Gasteiger partial charge >= 0.3 is 0 Å². The van der Waals surface area contributed by atoms with Gasteiger partial charge in [0, 0.05) is 25.7 Å². The van der Waals surface area contributed by atoms with Gasteiger partial charge in [-0.2, -0.15) is 0 Å². The van der Waals surface area contributed by atoms with Crippen LogP contribution in [0.5, 0.6) is 5.75 Å². The SMILES string of the molecule is O=C(c1ccccc1OC[C@@H]1CCCO1)N1CC[C@@H](N2CCCC2)C1. The van der Waals surface area contributed by atoms with Crippen molar-refractivity contribution in [2.24, 2.45) is 0 Å². The Morgan fingerprint density at radius 2 is 1.96 bits per heavy atom. The van der Waals surface area contributed by atoms with E-state index in [0.29, 0.717) is 24.0 Å². The summed E-state index contributed by atoms with van der Waals surface area (Å²) < 4.78 is 11.6. The van der Waals surface area contributed by atoms with Crippen molar-refractivity contribution < 1.29 is 14.3 Å². The van der Waals surface area contributed by atoms with Crippen LogP contribution in [-0.2, 0) is 4.74 Å². The van der Waals surface area contributed by atoms with E-state index in [2.05, 4.69) is 4.90 Å². The summed E-state index contributed by atoms with van der Waals surface area (Å²) in [6.07, 6.45) is 5.98. The molecule has 0 aliphatic carbocycles. The Hall–Kier alpha value is -1.59. The molecular weight excluding hydrogens is 316 g/mol. The molecule has 3 aliphatic heterocycles. The molecule has 5 nitrogen and oxygen atoms in total. The highest BCUT2D eigenvalue weighted by atomic mass is 16.5. The Balaban J connectivity index is 1.39. The maximum atomic E-state index is 13.0. The second-order valence-electron chi connectivity index (χ2n) is 7.38. The van der Waals surface area contributed by atoms with E-state index in [0.717, 1.165) is 39.0 Å². The summed E-state index contributed by atoms with van der Waals surface area (Å²) in [6.45, 7) is 5.42. The van der Waals surface area contributed by atoms with Crippen LogP contribution in [0.4, 0.5) is 0 Å². The predicted molar refractivity (Wildman–Crippen MR) is 96.0 cm³/mol. The van der Waals surface area contributed by atoms with Crippen molar-refractivity contribution in [2.45, 2.75) is 44.2 Å². The quantitative estimate of drug-likeness (QED) is 0.823. The summed E-state index contributed by atoms with van der Waals surface area (Å²) in [5, 5.41) is 0. The minimum absolute atomic E-state index is 0.102. The lowest BCUT2D eigenvalue weighted by Gasteiger charge is -2.24. The van der Waals surface area contributed by atoms with E-state index in [-0.39, 0.29) is 12.0 Å². The number of hydrogen-bond donors (Lipinski definition) is 0. The third-order valence-electron chi connectivity index (χ3n) is 5.67. The maximum Gasteiger partial charge on any atom is 0.257 e. The number of nitrogens with zero attached hydrogens (tertiary/aromatic N) is 2. The number of carbonyl (C=O) groups is 1. The molecule has 5 heteroatoms. The summed E-state index contributed by atoms with van der Waals surface area (Å²) in [5.74, 6) is 0.789. The van der Waals surface area contributed by atoms with Crippen molar-refractivity contribution >= 4 is 5.91 Å². The number of amides is 1. The molecule has 3 aliphatic rings. The van der Waals surface area contributed by atoms with Crippen molar-refractivity contribution in [3.63, 3.8) is 0 Å². The van der Waals surface area contributed by atoms with Crippen LogP contribution in [0.3, 0.4) is 0 Å². The lowest BCUT2D eigenvalue weighted by atomic mass is 10.1. The van der Waals surface area contributed by atoms with Gasteiger partial charge in [-0.15, -0.1) is 0 Å². The molecule has 1 amide bonds. The first-order valence-electron chi connectivity index (χ1n) is 9.68. The highest BCUT2D eigenvalue weighted by Gasteiger charge is 2.32. The summed E-state index contributed by atoms with van der Waals surface area (Å²) in [5.41, 5.74) is 0.683. The van der Waals surface area contributed by atoms with Crippen LogP contribution >= 0.6 is 0 Å². The van der Waals surface area contributed by atoms with Gasteiger partial charge in [0.2, 0.25) is 0 Å². The van der Waals surface area contributed by atoms with E-state index in [9.17, 15) is 4.79 Å². The number of likely N-dealkylation sites (tertiary alicyclic amines) is 2. The van der Waals surface area contributed by atoms with Crippen molar-refractivity contribution in [2.75, 3.05) is 39.4 Å². The Labute approximate surface area is 149 Å². The van der Waals surface area contributed by atoms with Gasteiger partial charge in [0.25, 0.3) is 5.91 Å². The molecule has 0 unspecified atom stereocenters. The summed E-state index contributed by atoms with van der Waals surface area (Å²) in [4.78, 5) is 17.6. The van der Waals surface area contributed by atoms with E-state index < -0.39 is 0 Å². The molecule has 2 atom stereocenters. The first-order chi connectivity index (χ1) is 12.3. The molecule has 0 saturated carbocycles. The molecular formula is C20H28N2O3. The molecule has 0 aromatic heterocycles. The summed E-state index contributed by atoms with van der Waals surface area (Å²) >= 11 is 0. The molecule has 4 rings (SSSR count). The van der Waals surface area contributed by atoms with Crippen LogP contribution in [0.15, 0.2) is 24.3 Å². The number of ether oxygens (including phenoxy) is 2. The Bertz CT molecular complexity index is 594. The van der Waals surface area contributed by atoms with Crippen molar-refractivity contribution in [1.82, 2.24) is 9.80 Å². The largest absolute Gasteiger partial charge is 0.490 e. The van der Waals surface area contributed by atoms with Gasteiger partial charge in [-0.1, -0.05) is 12.1 Å². The predicted octanol–water partition coefficient (Wildman–Crippen LogP) is 2.55. The molecule has 0 N–H and O–H groups in total. The average molecular weight is 344 g/mol. The van der Waals surface area contributed by atoms with E-state index in [1.807, 2.05) is 29.2 Å². The monoisotopic (exact) mass is 344 g/mol. The molecule has 3 heterocycles. The molecule has 3 saturated heterocycles. The number of benzene rings is 1. The third kappa shape index (κ3) is 3.82. The Kier molecular flexibility index (Phi) is 5.22. The normalized spacial score (nSPS) is 27.1. The zero-order chi connectivity index (χ0) is 17.1. The van der Waals surface area contributed by atoms with Gasteiger partial charge in [0.15, 0.2) is 0 Å². The lowest BCUT2D eigenvalue weighted by Crippen LogP contribution is -2.37. The van der Waals surface area contributed by atoms with Crippen LogP contribution in [-0.4, -0.2) is 67.2 Å². The van der Waals surface area contributed by atoms with Crippen LogP contribution in [0.1, 0.15) is 42.5 Å². The smallest absolute Gasteiger partial charge is 0.257 e. The Morgan fingerprint density at radius 1 is 1.12 bits per heavy atom. The molecule has 0 spiro atoms. The zero-order valence-corrected chi connectivity index (χ0v) is 14.9. The molecule has 0 radical (unpaired) electrons. The number of hydrogen-bond acceptors (Lipinski definition) is 4. The minimum Gasteiger partial charge on any atom is -0.490 e. The van der Waals surface area contributed by atoms with Gasteiger partial charge in [-0.3, -0.25) is 9.69 Å². The number of para-hydroxylation sites is 1. The average Bonchev–Trinajstić information content (AvgIpc) is 3.41. The van der Waals surface area contributed by atoms with Gasteiger partial charge < -0.3 is 14.4 Å². The fraction of sp³-hybridized carbons (Fsp3) is 0.650. The van der Waals surface area contributed by atoms with Crippen LogP contribution in [0.2, 0.25) is 0 Å². The fourth-order valence-electron chi connectivity index (χ4n) is 4.23. The maximum absolute atomic E-state index is 13.0. The number of carbonyl (C=O) groups excluding carboxylic acids is 1. The fourth-order valence-corrected chi connectivity index (χ4v) is 4.23. The molecule has 3 fully saturated rings. The highest BCUT2D eigenvalue weighted by molar-refractivity contribution is 5.97. The molecule has 1 aromatic rings. The van der Waals surface area contributed by atoms with Gasteiger partial charge in [-0.05, 0) is 57.3 Å². The van der Waals surface area contributed by atoms with Crippen LogP contribution < -0.4 is 4.74 Å². The summed E-state index contributed by atoms with van der Waals surface area (Å²) in [6, 6.07) is 8.16. The highest BCUT2D eigenvalue weighted by Crippen LogP contribution is 2.26. The first-order valence-corrected chi connectivity index (χ1v) is 9.68. The lowest BCUT2D eigenvalue weighted by molar-refractivity contribution is 0.0655. The van der Waals surface area contributed by atoms with E-state index in [1.165, 1.54) is 25.9 Å². The van der Waals surface area contributed by atoms with Crippen LogP contribution in [0.25, 0.3) is 0 Å². The van der Waals surface area contributed by atoms with Crippen LogP contribution in [0, 0.1) is 0 Å². The van der Waals surface area contributed by atoms with Gasteiger partial charge in [-0.25, -0.2) is 0 Å². The zero-order valence-electron chi connectivity index (χ0n) is 14.9. The molecule has 0 bridgehead atoms. The van der Waals surface area contributed by atoms with Crippen molar-refractivity contribution in [1.29, 1.82) is 0 Å². The van der Waals surface area contributed by atoms with E-state index in [1.54, 1.807) is 0 Å². The first kappa shape index (κ1) is 16.9. The Morgan fingerprint density at radius 3 is 2.76 bits per heavy atom. The standard InChI is InChI=1S/C20H28N2O3/c23-20(22-12-9-16(14-22)21-10-3-4-11-21)18-7-1-2-8-19(18)25-15-17-6-5-13-24-17/h1-2,7-8,16-17H,3-6,9-15H2/t16-,17+/m1/s1. The molecule has 1 aromatic carbocycles. The van der Waals surface area contributed by atoms with Crippen molar-refractivity contribution in [3.8, 4) is 5.75 Å². The topological polar surface area (TPSA) is 42.0 Å². The summed E-state index contributed by atoms with van der Waals surface area (Å²) in [7, 11) is 0. The second-order valence-corrected chi connectivity index (χ2v) is 7.38.